The second kappa shape index (κ2) is 7.29. The second-order valence-electron chi connectivity index (χ2n) is 5.25. The molecule has 1 fully saturated rings. The summed E-state index contributed by atoms with van der Waals surface area (Å²) in [6.07, 6.45) is 8.40. The predicted octanol–water partition coefficient (Wildman–Crippen LogP) is 3.22. The van der Waals surface area contributed by atoms with Gasteiger partial charge in [0.2, 0.25) is 0 Å². The summed E-state index contributed by atoms with van der Waals surface area (Å²) in [6.45, 7) is 7.73. The molecular formula is C14H29NO. The lowest BCUT2D eigenvalue weighted by Gasteiger charge is -2.37. The van der Waals surface area contributed by atoms with Crippen molar-refractivity contribution in [3.63, 3.8) is 0 Å². The van der Waals surface area contributed by atoms with Crippen molar-refractivity contribution in [2.24, 2.45) is 11.3 Å². The molecule has 1 rings (SSSR count). The maximum absolute atomic E-state index is 5.09. The molecule has 0 aliphatic heterocycles. The van der Waals surface area contributed by atoms with E-state index in [0.717, 1.165) is 19.1 Å². The molecule has 0 saturated heterocycles. The first-order valence-electron chi connectivity index (χ1n) is 6.98. The zero-order valence-electron chi connectivity index (χ0n) is 11.3. The third-order valence-corrected chi connectivity index (χ3v) is 4.41. The summed E-state index contributed by atoms with van der Waals surface area (Å²) < 4.78 is 5.09. The molecule has 16 heavy (non-hydrogen) atoms. The van der Waals surface area contributed by atoms with E-state index >= 15 is 0 Å². The topological polar surface area (TPSA) is 21.3 Å². The van der Waals surface area contributed by atoms with Crippen molar-refractivity contribution in [1.29, 1.82) is 0 Å². The molecule has 1 N–H and O–H groups in total. The minimum absolute atomic E-state index is 0.594. The molecule has 1 aliphatic rings. The Labute approximate surface area is 101 Å². The van der Waals surface area contributed by atoms with Crippen LogP contribution < -0.4 is 5.32 Å². The lowest BCUT2D eigenvalue weighted by molar-refractivity contribution is 0.140. The Hall–Kier alpha value is -0.0800. The van der Waals surface area contributed by atoms with Crippen LogP contribution in [0.1, 0.15) is 52.4 Å². The molecule has 0 aromatic carbocycles. The SMILES string of the molecule is CCC(CC)C1(CNCCOC)CCCC1. The van der Waals surface area contributed by atoms with Gasteiger partial charge in [-0.1, -0.05) is 39.5 Å². The molecule has 1 aliphatic carbocycles. The van der Waals surface area contributed by atoms with E-state index in [1.807, 2.05) is 0 Å². The molecule has 0 aromatic rings. The molecule has 96 valence electrons. The van der Waals surface area contributed by atoms with Crippen LogP contribution in [-0.4, -0.2) is 26.8 Å². The first-order valence-corrected chi connectivity index (χ1v) is 6.98. The monoisotopic (exact) mass is 227 g/mol. The fraction of sp³-hybridized carbons (Fsp3) is 1.00. The third-order valence-electron chi connectivity index (χ3n) is 4.41. The van der Waals surface area contributed by atoms with Gasteiger partial charge in [-0.2, -0.15) is 0 Å². The number of hydrogen-bond acceptors (Lipinski definition) is 2. The average molecular weight is 227 g/mol. The molecule has 0 spiro atoms. The normalized spacial score (nSPS) is 19.5. The Bertz CT molecular complexity index is 172. The van der Waals surface area contributed by atoms with Gasteiger partial charge in [-0.05, 0) is 24.2 Å². The summed E-state index contributed by atoms with van der Waals surface area (Å²) in [5.74, 6) is 0.907. The first kappa shape index (κ1) is 14.0. The van der Waals surface area contributed by atoms with Crippen LogP contribution in [0.15, 0.2) is 0 Å². The van der Waals surface area contributed by atoms with Crippen LogP contribution in [0, 0.1) is 11.3 Å². The Morgan fingerprint density at radius 2 is 1.81 bits per heavy atom. The molecule has 0 amide bonds. The molecular weight excluding hydrogens is 198 g/mol. The van der Waals surface area contributed by atoms with Crippen molar-refractivity contribution in [3.8, 4) is 0 Å². The van der Waals surface area contributed by atoms with Gasteiger partial charge in [-0.25, -0.2) is 0 Å². The van der Waals surface area contributed by atoms with E-state index in [4.69, 9.17) is 4.74 Å². The third kappa shape index (κ3) is 3.46. The van der Waals surface area contributed by atoms with Gasteiger partial charge in [0.15, 0.2) is 0 Å². The highest BCUT2D eigenvalue weighted by molar-refractivity contribution is 4.91. The molecule has 0 unspecified atom stereocenters. The van der Waals surface area contributed by atoms with Crippen molar-refractivity contribution < 1.29 is 4.74 Å². The van der Waals surface area contributed by atoms with Crippen molar-refractivity contribution in [3.05, 3.63) is 0 Å². The molecule has 0 aromatic heterocycles. The van der Waals surface area contributed by atoms with E-state index in [0.29, 0.717) is 5.41 Å². The maximum atomic E-state index is 5.09. The Balaban J connectivity index is 2.44. The summed E-state index contributed by atoms with van der Waals surface area (Å²) in [7, 11) is 1.77. The van der Waals surface area contributed by atoms with Crippen LogP contribution >= 0.6 is 0 Å². The van der Waals surface area contributed by atoms with Crippen LogP contribution in [0.25, 0.3) is 0 Å². The average Bonchev–Trinajstić information content (AvgIpc) is 2.76. The van der Waals surface area contributed by atoms with Crippen molar-refractivity contribution in [1.82, 2.24) is 5.32 Å². The van der Waals surface area contributed by atoms with Gasteiger partial charge in [-0.3, -0.25) is 0 Å². The summed E-state index contributed by atoms with van der Waals surface area (Å²) in [5.41, 5.74) is 0.594. The van der Waals surface area contributed by atoms with Gasteiger partial charge in [0.1, 0.15) is 0 Å². The molecule has 1 saturated carbocycles. The molecule has 0 radical (unpaired) electrons. The van der Waals surface area contributed by atoms with Crippen molar-refractivity contribution in [2.45, 2.75) is 52.4 Å². The number of methoxy groups -OCH3 is 1. The molecule has 0 atom stereocenters. The van der Waals surface area contributed by atoms with Gasteiger partial charge < -0.3 is 10.1 Å². The minimum atomic E-state index is 0.594. The lowest BCUT2D eigenvalue weighted by Crippen LogP contribution is -2.39. The number of ether oxygens (including phenoxy) is 1. The molecule has 2 nitrogen and oxygen atoms in total. The van der Waals surface area contributed by atoms with Crippen LogP contribution in [-0.2, 0) is 4.74 Å². The predicted molar refractivity (Wildman–Crippen MR) is 69.7 cm³/mol. The summed E-state index contributed by atoms with van der Waals surface area (Å²) in [5, 5.41) is 3.59. The Morgan fingerprint density at radius 3 is 2.31 bits per heavy atom. The van der Waals surface area contributed by atoms with Crippen LogP contribution in [0.5, 0.6) is 0 Å². The van der Waals surface area contributed by atoms with E-state index in [-0.39, 0.29) is 0 Å². The standard InChI is InChI=1S/C14H29NO/c1-4-13(5-2)14(8-6-7-9-14)12-15-10-11-16-3/h13,15H,4-12H2,1-3H3. The molecule has 2 heteroatoms. The fourth-order valence-corrected chi connectivity index (χ4v) is 3.47. The first-order chi connectivity index (χ1) is 7.79. The highest BCUT2D eigenvalue weighted by Gasteiger charge is 2.38. The van der Waals surface area contributed by atoms with Crippen molar-refractivity contribution >= 4 is 0 Å². The quantitative estimate of drug-likeness (QED) is 0.643. The zero-order chi connectivity index (χ0) is 11.9. The van der Waals surface area contributed by atoms with Crippen LogP contribution in [0.2, 0.25) is 0 Å². The number of rotatable bonds is 8. The van der Waals surface area contributed by atoms with Crippen molar-refractivity contribution in [2.75, 3.05) is 26.8 Å². The van der Waals surface area contributed by atoms with E-state index in [1.54, 1.807) is 7.11 Å². The molecule has 0 bridgehead atoms. The fourth-order valence-electron chi connectivity index (χ4n) is 3.47. The smallest absolute Gasteiger partial charge is 0.0587 e. The van der Waals surface area contributed by atoms with E-state index in [1.165, 1.54) is 45.1 Å². The van der Waals surface area contributed by atoms with Gasteiger partial charge in [0, 0.05) is 20.2 Å². The largest absolute Gasteiger partial charge is 0.383 e. The summed E-state index contributed by atoms with van der Waals surface area (Å²) >= 11 is 0. The van der Waals surface area contributed by atoms with E-state index in [2.05, 4.69) is 19.2 Å². The van der Waals surface area contributed by atoms with Gasteiger partial charge >= 0.3 is 0 Å². The number of hydrogen-bond donors (Lipinski definition) is 1. The van der Waals surface area contributed by atoms with Gasteiger partial charge in [0.25, 0.3) is 0 Å². The van der Waals surface area contributed by atoms with Crippen LogP contribution in [0.4, 0.5) is 0 Å². The lowest BCUT2D eigenvalue weighted by atomic mass is 9.71. The van der Waals surface area contributed by atoms with E-state index in [9.17, 15) is 0 Å². The highest BCUT2D eigenvalue weighted by Crippen LogP contribution is 2.46. The summed E-state index contributed by atoms with van der Waals surface area (Å²) in [4.78, 5) is 0. The maximum Gasteiger partial charge on any atom is 0.0587 e. The second-order valence-corrected chi connectivity index (χ2v) is 5.25. The highest BCUT2D eigenvalue weighted by atomic mass is 16.5. The number of nitrogens with one attached hydrogen (secondary N) is 1. The van der Waals surface area contributed by atoms with Gasteiger partial charge in [-0.15, -0.1) is 0 Å². The van der Waals surface area contributed by atoms with Gasteiger partial charge in [0.05, 0.1) is 6.61 Å². The Kier molecular flexibility index (Phi) is 6.37. The van der Waals surface area contributed by atoms with E-state index < -0.39 is 0 Å². The Morgan fingerprint density at radius 1 is 1.19 bits per heavy atom. The van der Waals surface area contributed by atoms with Crippen LogP contribution in [0.3, 0.4) is 0 Å². The minimum Gasteiger partial charge on any atom is -0.383 e. The zero-order valence-corrected chi connectivity index (χ0v) is 11.3. The molecule has 0 heterocycles. The summed E-state index contributed by atoms with van der Waals surface area (Å²) in [6, 6.07) is 0.